The zero-order valence-corrected chi connectivity index (χ0v) is 13.4. The van der Waals surface area contributed by atoms with Gasteiger partial charge in [-0.25, -0.2) is 9.78 Å². The molecule has 0 radical (unpaired) electrons. The monoisotopic (exact) mass is 305 g/mol. The van der Waals surface area contributed by atoms with Crippen molar-refractivity contribution in [2.45, 2.75) is 32.7 Å². The first kappa shape index (κ1) is 16.3. The Bertz CT molecular complexity index is 539. The van der Waals surface area contributed by atoms with Gasteiger partial charge in [-0.2, -0.15) is 0 Å². The molecule has 1 amide bonds. The highest BCUT2D eigenvalue weighted by molar-refractivity contribution is 5.96. The van der Waals surface area contributed by atoms with E-state index in [-0.39, 0.29) is 18.6 Å². The Morgan fingerprint density at radius 3 is 2.68 bits per heavy atom. The van der Waals surface area contributed by atoms with Crippen molar-refractivity contribution in [1.82, 2.24) is 9.88 Å². The lowest BCUT2D eigenvalue weighted by Gasteiger charge is -2.22. The summed E-state index contributed by atoms with van der Waals surface area (Å²) in [6.07, 6.45) is 3.87. The zero-order chi connectivity index (χ0) is 16.1. The fourth-order valence-corrected chi connectivity index (χ4v) is 2.33. The normalized spacial score (nSPS) is 14.3. The summed E-state index contributed by atoms with van der Waals surface area (Å²) in [7, 11) is 1.70. The number of hydrogen-bond donors (Lipinski definition) is 0. The second-order valence-electron chi connectivity index (χ2n) is 5.74. The topological polar surface area (TPSA) is 62.7 Å². The number of aromatic nitrogens is 1. The standard InChI is InChI=1S/C16H23N3O3/c1-12(2)18(3)14(20)11-22-16(21)13-7-6-8-17-15(13)19-9-4-5-10-19/h6-8,12H,4-5,9-11H2,1-3H3. The van der Waals surface area contributed by atoms with Crippen LogP contribution in [0.4, 0.5) is 5.82 Å². The SMILES string of the molecule is CC(C)N(C)C(=O)COC(=O)c1cccnc1N1CCCC1. The maximum Gasteiger partial charge on any atom is 0.342 e. The van der Waals surface area contributed by atoms with Crippen molar-refractivity contribution in [2.24, 2.45) is 0 Å². The zero-order valence-electron chi connectivity index (χ0n) is 13.4. The Hall–Kier alpha value is -2.11. The summed E-state index contributed by atoms with van der Waals surface area (Å²) in [6, 6.07) is 3.47. The number of likely N-dealkylation sites (N-methyl/N-ethyl adjacent to an activating group) is 1. The molecule has 1 saturated heterocycles. The molecule has 6 nitrogen and oxygen atoms in total. The van der Waals surface area contributed by atoms with Gasteiger partial charge in [0, 0.05) is 32.4 Å². The number of esters is 1. The number of amides is 1. The van der Waals surface area contributed by atoms with Gasteiger partial charge < -0.3 is 14.5 Å². The lowest BCUT2D eigenvalue weighted by atomic mass is 10.2. The van der Waals surface area contributed by atoms with E-state index in [1.807, 2.05) is 13.8 Å². The number of carbonyl (C=O) groups is 2. The molecular formula is C16H23N3O3. The van der Waals surface area contributed by atoms with Crippen LogP contribution in [0, 0.1) is 0 Å². The molecule has 0 atom stereocenters. The Balaban J connectivity index is 2.02. The van der Waals surface area contributed by atoms with E-state index in [9.17, 15) is 9.59 Å². The molecule has 1 fully saturated rings. The Kier molecular flexibility index (Phi) is 5.35. The van der Waals surface area contributed by atoms with Crippen LogP contribution < -0.4 is 4.90 Å². The molecule has 0 N–H and O–H groups in total. The van der Waals surface area contributed by atoms with E-state index in [4.69, 9.17) is 4.74 Å². The van der Waals surface area contributed by atoms with Crippen LogP contribution in [0.3, 0.4) is 0 Å². The fourth-order valence-electron chi connectivity index (χ4n) is 2.33. The van der Waals surface area contributed by atoms with Crippen LogP contribution in [0.5, 0.6) is 0 Å². The predicted octanol–water partition coefficient (Wildman–Crippen LogP) is 1.71. The molecule has 22 heavy (non-hydrogen) atoms. The maximum atomic E-state index is 12.3. The molecule has 0 unspecified atom stereocenters. The number of hydrogen-bond acceptors (Lipinski definition) is 5. The van der Waals surface area contributed by atoms with Gasteiger partial charge in [-0.15, -0.1) is 0 Å². The van der Waals surface area contributed by atoms with Crippen LogP contribution in [-0.2, 0) is 9.53 Å². The van der Waals surface area contributed by atoms with Crippen LogP contribution in [0.1, 0.15) is 37.0 Å². The molecular weight excluding hydrogens is 282 g/mol. The van der Waals surface area contributed by atoms with Crippen molar-refractivity contribution in [3.8, 4) is 0 Å². The van der Waals surface area contributed by atoms with Crippen LogP contribution in [0.2, 0.25) is 0 Å². The summed E-state index contributed by atoms with van der Waals surface area (Å²) >= 11 is 0. The van der Waals surface area contributed by atoms with Gasteiger partial charge in [-0.1, -0.05) is 0 Å². The predicted molar refractivity (Wildman–Crippen MR) is 83.9 cm³/mol. The van der Waals surface area contributed by atoms with E-state index in [1.54, 1.807) is 30.3 Å². The third-order valence-corrected chi connectivity index (χ3v) is 3.91. The molecule has 2 rings (SSSR count). The lowest BCUT2D eigenvalue weighted by molar-refractivity contribution is -0.134. The summed E-state index contributed by atoms with van der Waals surface area (Å²) in [5, 5.41) is 0. The Morgan fingerprint density at radius 1 is 1.36 bits per heavy atom. The molecule has 2 heterocycles. The minimum absolute atomic E-state index is 0.0738. The molecule has 0 aromatic carbocycles. The van der Waals surface area contributed by atoms with Crippen molar-refractivity contribution in [1.29, 1.82) is 0 Å². The van der Waals surface area contributed by atoms with E-state index >= 15 is 0 Å². The minimum atomic E-state index is -0.500. The van der Waals surface area contributed by atoms with E-state index in [2.05, 4.69) is 9.88 Å². The second kappa shape index (κ2) is 7.24. The maximum absolute atomic E-state index is 12.3. The molecule has 0 bridgehead atoms. The van der Waals surface area contributed by atoms with E-state index in [0.29, 0.717) is 11.4 Å². The highest BCUT2D eigenvalue weighted by Gasteiger charge is 2.22. The van der Waals surface area contributed by atoms with Gasteiger partial charge in [0.15, 0.2) is 6.61 Å². The van der Waals surface area contributed by atoms with Crippen LogP contribution in [-0.4, -0.2) is 54.5 Å². The number of ether oxygens (including phenoxy) is 1. The highest BCUT2D eigenvalue weighted by Crippen LogP contribution is 2.22. The Labute approximate surface area is 131 Å². The van der Waals surface area contributed by atoms with Crippen LogP contribution in [0.15, 0.2) is 18.3 Å². The summed E-state index contributed by atoms with van der Waals surface area (Å²) in [5.41, 5.74) is 0.421. The van der Waals surface area contributed by atoms with Gasteiger partial charge in [0.2, 0.25) is 0 Å². The Morgan fingerprint density at radius 2 is 2.05 bits per heavy atom. The molecule has 1 aliphatic rings. The smallest absolute Gasteiger partial charge is 0.342 e. The third kappa shape index (κ3) is 3.75. The summed E-state index contributed by atoms with van der Waals surface area (Å²) in [4.78, 5) is 32.1. The molecule has 1 aromatic heterocycles. The van der Waals surface area contributed by atoms with Gasteiger partial charge in [0.05, 0.1) is 0 Å². The minimum Gasteiger partial charge on any atom is -0.452 e. The summed E-state index contributed by atoms with van der Waals surface area (Å²) < 4.78 is 5.16. The average Bonchev–Trinajstić information content (AvgIpc) is 3.05. The number of carbonyl (C=O) groups excluding carboxylic acids is 2. The average molecular weight is 305 g/mol. The lowest BCUT2D eigenvalue weighted by Crippen LogP contribution is -2.36. The van der Waals surface area contributed by atoms with Gasteiger partial charge >= 0.3 is 5.97 Å². The van der Waals surface area contributed by atoms with Crippen molar-refractivity contribution in [2.75, 3.05) is 31.6 Å². The van der Waals surface area contributed by atoms with Crippen LogP contribution >= 0.6 is 0 Å². The van der Waals surface area contributed by atoms with Gasteiger partial charge in [0.25, 0.3) is 5.91 Å². The highest BCUT2D eigenvalue weighted by atomic mass is 16.5. The van der Waals surface area contributed by atoms with Gasteiger partial charge in [0.1, 0.15) is 11.4 Å². The molecule has 6 heteroatoms. The second-order valence-corrected chi connectivity index (χ2v) is 5.74. The summed E-state index contributed by atoms with van der Waals surface area (Å²) in [6.45, 7) is 5.36. The largest absolute Gasteiger partial charge is 0.452 e. The summed E-state index contributed by atoms with van der Waals surface area (Å²) in [5.74, 6) is -0.0647. The van der Waals surface area contributed by atoms with E-state index < -0.39 is 5.97 Å². The third-order valence-electron chi connectivity index (χ3n) is 3.91. The molecule has 0 saturated carbocycles. The molecule has 0 aliphatic carbocycles. The van der Waals surface area contributed by atoms with E-state index in [1.165, 1.54) is 0 Å². The molecule has 0 spiro atoms. The van der Waals surface area contributed by atoms with Crippen molar-refractivity contribution in [3.05, 3.63) is 23.9 Å². The fraction of sp³-hybridized carbons (Fsp3) is 0.562. The first-order valence-electron chi connectivity index (χ1n) is 7.63. The first-order valence-corrected chi connectivity index (χ1v) is 7.63. The van der Waals surface area contributed by atoms with Crippen LogP contribution in [0.25, 0.3) is 0 Å². The molecule has 1 aliphatic heterocycles. The van der Waals surface area contributed by atoms with Crippen molar-refractivity contribution in [3.63, 3.8) is 0 Å². The number of anilines is 1. The van der Waals surface area contributed by atoms with E-state index in [0.717, 1.165) is 25.9 Å². The number of rotatable bonds is 5. The number of pyridine rings is 1. The van der Waals surface area contributed by atoms with Gasteiger partial charge in [-0.3, -0.25) is 4.79 Å². The molecule has 1 aromatic rings. The van der Waals surface area contributed by atoms with Crippen molar-refractivity contribution >= 4 is 17.7 Å². The molecule has 120 valence electrons. The first-order chi connectivity index (χ1) is 10.5. The quantitative estimate of drug-likeness (QED) is 0.775. The van der Waals surface area contributed by atoms with Gasteiger partial charge in [-0.05, 0) is 38.8 Å². The van der Waals surface area contributed by atoms with Crippen molar-refractivity contribution < 1.29 is 14.3 Å². The number of nitrogens with zero attached hydrogens (tertiary/aromatic N) is 3.